The van der Waals surface area contributed by atoms with E-state index in [9.17, 15) is 9.59 Å². The van der Waals surface area contributed by atoms with Crippen molar-refractivity contribution in [2.24, 2.45) is 11.8 Å². The van der Waals surface area contributed by atoms with Crippen LogP contribution in [0.1, 0.15) is 13.3 Å². The summed E-state index contributed by atoms with van der Waals surface area (Å²) in [5.41, 5.74) is 0.560. The highest BCUT2D eigenvalue weighted by Crippen LogP contribution is 2.38. The molecule has 2 atom stereocenters. The van der Waals surface area contributed by atoms with E-state index >= 15 is 0 Å². The first kappa shape index (κ1) is 15.1. The van der Waals surface area contributed by atoms with Crippen LogP contribution in [-0.4, -0.2) is 30.3 Å². The zero-order valence-corrected chi connectivity index (χ0v) is 12.8. The van der Waals surface area contributed by atoms with Crippen molar-refractivity contribution in [3.63, 3.8) is 0 Å². The van der Waals surface area contributed by atoms with Crippen LogP contribution in [0.2, 0.25) is 10.0 Å². The van der Waals surface area contributed by atoms with Crippen LogP contribution in [0.15, 0.2) is 18.2 Å². The summed E-state index contributed by atoms with van der Waals surface area (Å²) in [6.07, 6.45) is 0.914. The van der Waals surface area contributed by atoms with Crippen molar-refractivity contribution >= 4 is 40.7 Å². The zero-order chi connectivity index (χ0) is 14.9. The lowest BCUT2D eigenvalue weighted by molar-refractivity contribution is -0.134. The van der Waals surface area contributed by atoms with Crippen molar-refractivity contribution in [3.05, 3.63) is 28.2 Å². The van der Waals surface area contributed by atoms with Crippen LogP contribution in [0, 0.1) is 11.8 Å². The van der Waals surface area contributed by atoms with E-state index in [0.29, 0.717) is 21.7 Å². The molecule has 0 saturated heterocycles. The molecule has 1 fully saturated rings. The number of hydrogen-bond donors (Lipinski definition) is 1. The van der Waals surface area contributed by atoms with Gasteiger partial charge in [0.15, 0.2) is 0 Å². The van der Waals surface area contributed by atoms with Gasteiger partial charge in [-0.05, 0) is 30.5 Å². The lowest BCUT2D eigenvalue weighted by atomic mass is 10.3. The smallest absolute Gasteiger partial charge is 0.243 e. The molecule has 2 rings (SSSR count). The first-order valence-corrected chi connectivity index (χ1v) is 7.14. The number of halogens is 2. The van der Waals surface area contributed by atoms with Crippen molar-refractivity contribution in [2.45, 2.75) is 13.3 Å². The number of carbonyl (C=O) groups is 2. The number of rotatable bonds is 4. The SMILES string of the molecule is CC1CC1C(=O)N(C)CC(=O)Nc1ccc(Cl)c(Cl)c1. The van der Waals surface area contributed by atoms with Crippen LogP contribution in [0.5, 0.6) is 0 Å². The van der Waals surface area contributed by atoms with Crippen molar-refractivity contribution in [1.82, 2.24) is 4.90 Å². The van der Waals surface area contributed by atoms with E-state index in [1.54, 1.807) is 25.2 Å². The molecule has 1 saturated carbocycles. The van der Waals surface area contributed by atoms with Gasteiger partial charge in [0.1, 0.15) is 0 Å². The molecular formula is C14H16Cl2N2O2. The molecule has 0 heterocycles. The Labute approximate surface area is 128 Å². The van der Waals surface area contributed by atoms with Crippen LogP contribution < -0.4 is 5.32 Å². The fourth-order valence-corrected chi connectivity index (χ4v) is 2.32. The van der Waals surface area contributed by atoms with Gasteiger partial charge in [0.25, 0.3) is 0 Å². The third-order valence-corrected chi connectivity index (χ3v) is 4.13. The molecule has 1 N–H and O–H groups in total. The average Bonchev–Trinajstić information content (AvgIpc) is 3.10. The molecule has 0 spiro atoms. The second-order valence-electron chi connectivity index (χ2n) is 5.19. The largest absolute Gasteiger partial charge is 0.336 e. The fraction of sp³-hybridized carbons (Fsp3) is 0.429. The summed E-state index contributed by atoms with van der Waals surface area (Å²) >= 11 is 11.7. The maximum atomic E-state index is 11.9. The molecule has 0 bridgehead atoms. The number of anilines is 1. The molecule has 108 valence electrons. The summed E-state index contributed by atoms with van der Waals surface area (Å²) in [4.78, 5) is 25.2. The number of hydrogen-bond acceptors (Lipinski definition) is 2. The van der Waals surface area contributed by atoms with E-state index < -0.39 is 0 Å². The van der Waals surface area contributed by atoms with E-state index in [2.05, 4.69) is 5.32 Å². The van der Waals surface area contributed by atoms with Gasteiger partial charge < -0.3 is 10.2 Å². The summed E-state index contributed by atoms with van der Waals surface area (Å²) in [5.74, 6) is 0.287. The highest BCUT2D eigenvalue weighted by Gasteiger charge is 2.40. The quantitative estimate of drug-likeness (QED) is 0.928. The van der Waals surface area contributed by atoms with Crippen LogP contribution in [0.4, 0.5) is 5.69 Å². The van der Waals surface area contributed by atoms with Crippen LogP contribution >= 0.6 is 23.2 Å². The number of amides is 2. The van der Waals surface area contributed by atoms with E-state index in [4.69, 9.17) is 23.2 Å². The van der Waals surface area contributed by atoms with Crippen LogP contribution in [0.3, 0.4) is 0 Å². The van der Waals surface area contributed by atoms with E-state index in [-0.39, 0.29) is 24.3 Å². The standard InChI is InChI=1S/C14H16Cl2N2O2/c1-8-5-10(8)14(20)18(2)7-13(19)17-9-3-4-11(15)12(16)6-9/h3-4,6,8,10H,5,7H2,1-2H3,(H,17,19). The molecule has 2 amide bonds. The molecule has 1 aromatic rings. The Hall–Kier alpha value is -1.26. The lowest BCUT2D eigenvalue weighted by Gasteiger charge is -2.16. The van der Waals surface area contributed by atoms with Crippen LogP contribution in [-0.2, 0) is 9.59 Å². The van der Waals surface area contributed by atoms with Gasteiger partial charge in [0.05, 0.1) is 16.6 Å². The number of benzene rings is 1. The molecule has 4 nitrogen and oxygen atoms in total. The van der Waals surface area contributed by atoms with Gasteiger partial charge in [0.2, 0.25) is 11.8 Å². The summed E-state index contributed by atoms with van der Waals surface area (Å²) in [6.45, 7) is 2.06. The number of nitrogens with one attached hydrogen (secondary N) is 1. The minimum Gasteiger partial charge on any atom is -0.336 e. The van der Waals surface area contributed by atoms with Crippen molar-refractivity contribution in [2.75, 3.05) is 18.9 Å². The van der Waals surface area contributed by atoms with Gasteiger partial charge in [-0.15, -0.1) is 0 Å². The zero-order valence-electron chi connectivity index (χ0n) is 11.3. The summed E-state index contributed by atoms with van der Waals surface area (Å²) in [6, 6.07) is 4.85. The first-order chi connectivity index (χ1) is 9.38. The third kappa shape index (κ3) is 3.64. The third-order valence-electron chi connectivity index (χ3n) is 3.39. The minimum absolute atomic E-state index is 0.0294. The Morgan fingerprint density at radius 1 is 1.35 bits per heavy atom. The minimum atomic E-state index is -0.257. The number of nitrogens with zero attached hydrogens (tertiary/aromatic N) is 1. The number of carbonyl (C=O) groups excluding carboxylic acids is 2. The Balaban J connectivity index is 1.88. The Bertz CT molecular complexity index is 548. The molecule has 0 aromatic heterocycles. The van der Waals surface area contributed by atoms with E-state index in [1.165, 1.54) is 4.90 Å². The summed E-state index contributed by atoms with van der Waals surface area (Å²) < 4.78 is 0. The monoisotopic (exact) mass is 314 g/mol. The van der Waals surface area contributed by atoms with Gasteiger partial charge in [-0.3, -0.25) is 9.59 Å². The summed E-state index contributed by atoms with van der Waals surface area (Å²) in [7, 11) is 1.64. The molecule has 6 heteroatoms. The molecule has 1 aliphatic carbocycles. The molecule has 0 radical (unpaired) electrons. The highest BCUT2D eigenvalue weighted by molar-refractivity contribution is 6.42. The summed E-state index contributed by atoms with van der Waals surface area (Å²) in [5, 5.41) is 3.50. The van der Waals surface area contributed by atoms with Gasteiger partial charge in [-0.25, -0.2) is 0 Å². The number of likely N-dealkylation sites (N-methyl/N-ethyl adjacent to an activating group) is 1. The lowest BCUT2D eigenvalue weighted by Crippen LogP contribution is -2.36. The first-order valence-electron chi connectivity index (χ1n) is 6.38. The molecule has 20 heavy (non-hydrogen) atoms. The topological polar surface area (TPSA) is 49.4 Å². The van der Waals surface area contributed by atoms with Crippen molar-refractivity contribution < 1.29 is 9.59 Å². The molecule has 0 aliphatic heterocycles. The van der Waals surface area contributed by atoms with E-state index in [1.807, 2.05) is 6.92 Å². The second-order valence-corrected chi connectivity index (χ2v) is 6.01. The van der Waals surface area contributed by atoms with Gasteiger partial charge >= 0.3 is 0 Å². The van der Waals surface area contributed by atoms with Gasteiger partial charge in [-0.1, -0.05) is 30.1 Å². The molecule has 1 aliphatic rings. The normalized spacial score (nSPS) is 20.4. The van der Waals surface area contributed by atoms with Crippen molar-refractivity contribution in [3.8, 4) is 0 Å². The molecule has 2 unspecified atom stereocenters. The Morgan fingerprint density at radius 3 is 2.55 bits per heavy atom. The second kappa shape index (κ2) is 6.02. The van der Waals surface area contributed by atoms with Crippen LogP contribution in [0.25, 0.3) is 0 Å². The Morgan fingerprint density at radius 2 is 2.00 bits per heavy atom. The Kier molecular flexibility index (Phi) is 4.55. The highest BCUT2D eigenvalue weighted by atomic mass is 35.5. The fourth-order valence-electron chi connectivity index (χ4n) is 2.02. The predicted molar refractivity (Wildman–Crippen MR) is 80.0 cm³/mol. The maximum absolute atomic E-state index is 11.9. The predicted octanol–water partition coefficient (Wildman–Crippen LogP) is 3.05. The molecular weight excluding hydrogens is 299 g/mol. The van der Waals surface area contributed by atoms with Gasteiger partial charge in [0, 0.05) is 18.7 Å². The molecule has 1 aromatic carbocycles. The maximum Gasteiger partial charge on any atom is 0.243 e. The average molecular weight is 315 g/mol. The van der Waals surface area contributed by atoms with Crippen molar-refractivity contribution in [1.29, 1.82) is 0 Å². The van der Waals surface area contributed by atoms with E-state index in [0.717, 1.165) is 6.42 Å². The van der Waals surface area contributed by atoms with Gasteiger partial charge in [-0.2, -0.15) is 0 Å².